The lowest BCUT2D eigenvalue weighted by Crippen LogP contribution is -2.51. The van der Waals surface area contributed by atoms with E-state index in [0.717, 1.165) is 23.4 Å². The van der Waals surface area contributed by atoms with Crippen molar-refractivity contribution in [3.63, 3.8) is 0 Å². The van der Waals surface area contributed by atoms with Crippen LogP contribution in [0, 0.1) is 0 Å². The third-order valence-electron chi connectivity index (χ3n) is 4.45. The van der Waals surface area contributed by atoms with Crippen molar-refractivity contribution in [3.8, 4) is 0 Å². The van der Waals surface area contributed by atoms with Crippen LogP contribution in [0.3, 0.4) is 0 Å². The summed E-state index contributed by atoms with van der Waals surface area (Å²) >= 11 is 6.00. The van der Waals surface area contributed by atoms with Crippen LogP contribution in [0.2, 0.25) is 5.02 Å². The second kappa shape index (κ2) is 6.16. The van der Waals surface area contributed by atoms with E-state index in [1.54, 1.807) is 11.9 Å². The van der Waals surface area contributed by atoms with Crippen LogP contribution in [0.1, 0.15) is 36.4 Å². The van der Waals surface area contributed by atoms with E-state index < -0.39 is 0 Å². The number of likely N-dealkylation sites (tertiary alicyclic amines) is 1. The van der Waals surface area contributed by atoms with Crippen LogP contribution in [0.15, 0.2) is 18.2 Å². The molecule has 1 aromatic carbocycles. The summed E-state index contributed by atoms with van der Waals surface area (Å²) in [5.41, 5.74) is 2.36. The predicted octanol–water partition coefficient (Wildman–Crippen LogP) is 2.25. The summed E-state index contributed by atoms with van der Waals surface area (Å²) in [4.78, 5) is 25.3. The van der Waals surface area contributed by atoms with Crippen LogP contribution in [0.25, 0.3) is 0 Å². The lowest BCUT2D eigenvalue weighted by atomic mass is 10.1. The first-order valence-corrected chi connectivity index (χ1v) is 8.00. The topological polar surface area (TPSA) is 61.4 Å². The number of carbonyl (C=O) groups excluding carboxylic acids is 2. The molecule has 1 fully saturated rings. The third kappa shape index (κ3) is 3.19. The van der Waals surface area contributed by atoms with E-state index in [9.17, 15) is 9.59 Å². The zero-order chi connectivity index (χ0) is 15.7. The normalized spacial score (nSPS) is 24.1. The number of rotatable bonds is 2. The van der Waals surface area contributed by atoms with Gasteiger partial charge in [-0.15, -0.1) is 0 Å². The fourth-order valence-corrected chi connectivity index (χ4v) is 3.45. The highest BCUT2D eigenvalue weighted by Crippen LogP contribution is 2.32. The monoisotopic (exact) mass is 321 g/mol. The molecule has 1 saturated heterocycles. The first-order chi connectivity index (χ1) is 10.5. The van der Waals surface area contributed by atoms with E-state index in [0.29, 0.717) is 19.4 Å². The Kier molecular flexibility index (Phi) is 4.25. The number of urea groups is 1. The van der Waals surface area contributed by atoms with Crippen LogP contribution in [-0.2, 0) is 11.2 Å². The molecule has 1 aliphatic carbocycles. The molecule has 1 heterocycles. The van der Waals surface area contributed by atoms with Crippen molar-refractivity contribution in [2.75, 3.05) is 13.6 Å². The highest BCUT2D eigenvalue weighted by molar-refractivity contribution is 6.30. The number of hydrogen-bond donors (Lipinski definition) is 2. The predicted molar refractivity (Wildman–Crippen MR) is 84.8 cm³/mol. The molecule has 0 aromatic heterocycles. The maximum absolute atomic E-state index is 12.2. The van der Waals surface area contributed by atoms with Gasteiger partial charge < -0.3 is 15.5 Å². The third-order valence-corrected chi connectivity index (χ3v) is 4.69. The van der Waals surface area contributed by atoms with Gasteiger partial charge in [-0.2, -0.15) is 0 Å². The second-order valence-corrected chi connectivity index (χ2v) is 6.50. The number of benzene rings is 1. The Morgan fingerprint density at radius 1 is 1.27 bits per heavy atom. The summed E-state index contributed by atoms with van der Waals surface area (Å²) in [7, 11) is 1.77. The first-order valence-electron chi connectivity index (χ1n) is 7.62. The Morgan fingerprint density at radius 2 is 2.09 bits per heavy atom. The van der Waals surface area contributed by atoms with Gasteiger partial charge in [0.2, 0.25) is 5.91 Å². The number of aryl methyl sites for hydroxylation is 1. The summed E-state index contributed by atoms with van der Waals surface area (Å²) in [6, 6.07) is 5.71. The van der Waals surface area contributed by atoms with Gasteiger partial charge in [0.1, 0.15) is 0 Å². The van der Waals surface area contributed by atoms with Crippen molar-refractivity contribution < 1.29 is 9.59 Å². The standard InChI is InChI=1S/C16H20ClN3O2/c1-20-9-12(4-7-15(20)21)18-16(22)19-14-6-2-10-8-11(17)3-5-13(10)14/h3,5,8,12,14H,2,4,6-7,9H2,1H3,(H2,18,19,22)/t12-,14+/m1/s1. The molecule has 1 aliphatic heterocycles. The zero-order valence-corrected chi connectivity index (χ0v) is 13.3. The van der Waals surface area contributed by atoms with Gasteiger partial charge in [0.15, 0.2) is 0 Å². The Labute approximate surface area is 135 Å². The number of nitrogens with one attached hydrogen (secondary N) is 2. The van der Waals surface area contributed by atoms with E-state index in [4.69, 9.17) is 11.6 Å². The van der Waals surface area contributed by atoms with Crippen molar-refractivity contribution in [1.82, 2.24) is 15.5 Å². The zero-order valence-electron chi connectivity index (χ0n) is 12.6. The lowest BCUT2D eigenvalue weighted by Gasteiger charge is -2.30. The van der Waals surface area contributed by atoms with Crippen molar-refractivity contribution >= 4 is 23.5 Å². The molecule has 3 rings (SSSR count). The molecular formula is C16H20ClN3O2. The molecule has 2 aliphatic rings. The molecule has 6 heteroatoms. The van der Waals surface area contributed by atoms with E-state index >= 15 is 0 Å². The van der Waals surface area contributed by atoms with Crippen LogP contribution in [-0.4, -0.2) is 36.5 Å². The van der Waals surface area contributed by atoms with Crippen molar-refractivity contribution in [3.05, 3.63) is 34.3 Å². The minimum atomic E-state index is -0.166. The average Bonchev–Trinajstić information content (AvgIpc) is 2.85. The maximum atomic E-state index is 12.2. The molecule has 1 aromatic rings. The SMILES string of the molecule is CN1C[C@H](NC(=O)N[C@H]2CCc3cc(Cl)ccc32)CCC1=O. The highest BCUT2D eigenvalue weighted by atomic mass is 35.5. The first kappa shape index (κ1) is 15.2. The second-order valence-electron chi connectivity index (χ2n) is 6.06. The summed E-state index contributed by atoms with van der Waals surface area (Å²) in [6.07, 6.45) is 3.02. The number of nitrogens with zero attached hydrogens (tertiary/aromatic N) is 1. The lowest BCUT2D eigenvalue weighted by molar-refractivity contribution is -0.132. The quantitative estimate of drug-likeness (QED) is 0.877. The fourth-order valence-electron chi connectivity index (χ4n) is 3.25. The van der Waals surface area contributed by atoms with Gasteiger partial charge in [-0.05, 0) is 42.5 Å². The summed E-state index contributed by atoms with van der Waals surface area (Å²) in [6.45, 7) is 0.573. The number of likely N-dealkylation sites (N-methyl/N-ethyl adjacent to an activating group) is 1. The molecule has 0 unspecified atom stereocenters. The van der Waals surface area contributed by atoms with E-state index in [-0.39, 0.29) is 24.0 Å². The van der Waals surface area contributed by atoms with Gasteiger partial charge in [0, 0.05) is 31.1 Å². The Morgan fingerprint density at radius 3 is 2.86 bits per heavy atom. The number of carbonyl (C=O) groups is 2. The number of fused-ring (bicyclic) bond motifs is 1. The van der Waals surface area contributed by atoms with Crippen LogP contribution in [0.4, 0.5) is 4.79 Å². The molecule has 0 saturated carbocycles. The number of halogens is 1. The molecule has 22 heavy (non-hydrogen) atoms. The van der Waals surface area contributed by atoms with Crippen LogP contribution < -0.4 is 10.6 Å². The molecule has 118 valence electrons. The largest absolute Gasteiger partial charge is 0.344 e. The van der Waals surface area contributed by atoms with E-state index in [2.05, 4.69) is 10.6 Å². The van der Waals surface area contributed by atoms with Crippen molar-refractivity contribution in [2.24, 2.45) is 0 Å². The van der Waals surface area contributed by atoms with E-state index in [1.165, 1.54) is 5.56 Å². The summed E-state index contributed by atoms with van der Waals surface area (Å²) in [5.74, 6) is 0.139. The Balaban J connectivity index is 1.56. The molecule has 0 radical (unpaired) electrons. The Hall–Kier alpha value is -1.75. The molecule has 3 amide bonds. The van der Waals surface area contributed by atoms with Gasteiger partial charge in [-0.25, -0.2) is 4.79 Å². The maximum Gasteiger partial charge on any atom is 0.315 e. The average molecular weight is 322 g/mol. The number of amides is 3. The highest BCUT2D eigenvalue weighted by Gasteiger charge is 2.27. The van der Waals surface area contributed by atoms with Gasteiger partial charge in [0.25, 0.3) is 0 Å². The van der Waals surface area contributed by atoms with Gasteiger partial charge in [0.05, 0.1) is 6.04 Å². The fraction of sp³-hybridized carbons (Fsp3) is 0.500. The summed E-state index contributed by atoms with van der Waals surface area (Å²) < 4.78 is 0. The number of hydrogen-bond acceptors (Lipinski definition) is 2. The van der Waals surface area contributed by atoms with Gasteiger partial charge >= 0.3 is 6.03 Å². The minimum absolute atomic E-state index is 0.0220. The smallest absolute Gasteiger partial charge is 0.315 e. The molecule has 2 N–H and O–H groups in total. The van der Waals surface area contributed by atoms with E-state index in [1.807, 2.05) is 18.2 Å². The van der Waals surface area contributed by atoms with Gasteiger partial charge in [-0.3, -0.25) is 4.79 Å². The minimum Gasteiger partial charge on any atom is -0.344 e. The molecule has 0 bridgehead atoms. The van der Waals surface area contributed by atoms with Crippen LogP contribution in [0.5, 0.6) is 0 Å². The molecule has 2 atom stereocenters. The Bertz CT molecular complexity index is 605. The number of piperidine rings is 1. The summed E-state index contributed by atoms with van der Waals surface area (Å²) in [5, 5.41) is 6.74. The molecule has 0 spiro atoms. The molecular weight excluding hydrogens is 302 g/mol. The van der Waals surface area contributed by atoms with Crippen LogP contribution >= 0.6 is 11.6 Å². The van der Waals surface area contributed by atoms with Crippen molar-refractivity contribution in [2.45, 2.75) is 37.8 Å². The molecule has 5 nitrogen and oxygen atoms in total. The van der Waals surface area contributed by atoms with Gasteiger partial charge in [-0.1, -0.05) is 17.7 Å². The van der Waals surface area contributed by atoms with Crippen molar-refractivity contribution in [1.29, 1.82) is 0 Å².